The zero-order chi connectivity index (χ0) is 17.3. The first-order valence-electron chi connectivity index (χ1n) is 6.76. The van der Waals surface area contributed by atoms with Gasteiger partial charge in [-0.3, -0.25) is 4.98 Å². The number of hydrogen-bond donors (Lipinski definition) is 2. The summed E-state index contributed by atoms with van der Waals surface area (Å²) in [7, 11) is 0. The van der Waals surface area contributed by atoms with Crippen LogP contribution in [0.4, 0.5) is 20.3 Å². The Morgan fingerprint density at radius 1 is 1.29 bits per heavy atom. The van der Waals surface area contributed by atoms with E-state index in [1.54, 1.807) is 18.2 Å². The van der Waals surface area contributed by atoms with Gasteiger partial charge in [-0.15, -0.1) is 0 Å². The van der Waals surface area contributed by atoms with Gasteiger partial charge < -0.3 is 10.4 Å². The van der Waals surface area contributed by atoms with E-state index in [-0.39, 0.29) is 17.9 Å². The Hall–Kier alpha value is -1.90. The molecule has 0 aliphatic carbocycles. The van der Waals surface area contributed by atoms with Crippen molar-refractivity contribution in [2.45, 2.75) is 13.0 Å². The third-order valence-corrected chi connectivity index (χ3v) is 4.49. The van der Waals surface area contributed by atoms with E-state index in [1.165, 1.54) is 12.3 Å². The first-order chi connectivity index (χ1) is 11.5. The highest BCUT2D eigenvalue weighted by atomic mass is 79.9. The van der Waals surface area contributed by atoms with Gasteiger partial charge in [0.2, 0.25) is 0 Å². The summed E-state index contributed by atoms with van der Waals surface area (Å²) in [5.74, 6) is -0.521. The topological polar surface area (TPSA) is 70.9 Å². The summed E-state index contributed by atoms with van der Waals surface area (Å²) in [6.45, 7) is -0.267. The first-order valence-corrected chi connectivity index (χ1v) is 7.93. The van der Waals surface area contributed by atoms with E-state index < -0.39 is 12.2 Å². The van der Waals surface area contributed by atoms with E-state index in [0.717, 1.165) is 0 Å². The van der Waals surface area contributed by atoms with Gasteiger partial charge in [0.05, 0.1) is 22.8 Å². The van der Waals surface area contributed by atoms with Crippen molar-refractivity contribution in [3.8, 4) is 0 Å². The molecular formula is C15H10BrClF2N4O. The standard InChI is InChI=1S/C15H10BrClF2N4O/c16-8-2-1-3-9(11(8)17)21-14-12-10(4-7(6-24)5-20-12)22-15(23-14)13(18)19/h1-5,13,24H,6H2,(H,21,22,23). The number of nitrogens with zero attached hydrogens (tertiary/aromatic N) is 3. The van der Waals surface area contributed by atoms with E-state index in [1.807, 2.05) is 0 Å². The van der Waals surface area contributed by atoms with Crippen LogP contribution in [0.5, 0.6) is 0 Å². The minimum atomic E-state index is -2.84. The van der Waals surface area contributed by atoms with Crippen molar-refractivity contribution in [1.82, 2.24) is 15.0 Å². The highest BCUT2D eigenvalue weighted by Gasteiger charge is 2.17. The van der Waals surface area contributed by atoms with Crippen LogP contribution in [0.1, 0.15) is 17.8 Å². The van der Waals surface area contributed by atoms with Crippen molar-refractivity contribution < 1.29 is 13.9 Å². The molecule has 9 heteroatoms. The van der Waals surface area contributed by atoms with Crippen molar-refractivity contribution in [3.63, 3.8) is 0 Å². The van der Waals surface area contributed by atoms with Crippen molar-refractivity contribution in [3.05, 3.63) is 51.3 Å². The second kappa shape index (κ2) is 6.92. The predicted octanol–water partition coefficient (Wildman–Crippen LogP) is 4.61. The maximum atomic E-state index is 13.1. The lowest BCUT2D eigenvalue weighted by Gasteiger charge is -2.12. The molecule has 1 aromatic carbocycles. The highest BCUT2D eigenvalue weighted by molar-refractivity contribution is 9.10. The summed E-state index contributed by atoms with van der Waals surface area (Å²) in [5, 5.41) is 12.5. The molecule has 0 unspecified atom stereocenters. The summed E-state index contributed by atoms with van der Waals surface area (Å²) in [5.41, 5.74) is 1.46. The van der Waals surface area contributed by atoms with Crippen molar-refractivity contribution in [1.29, 1.82) is 0 Å². The Morgan fingerprint density at radius 2 is 2.08 bits per heavy atom. The molecular weight excluding hydrogens is 406 g/mol. The number of nitrogens with one attached hydrogen (secondary N) is 1. The number of hydrogen-bond acceptors (Lipinski definition) is 5. The zero-order valence-electron chi connectivity index (χ0n) is 12.0. The summed E-state index contributed by atoms with van der Waals surface area (Å²) < 4.78 is 26.8. The van der Waals surface area contributed by atoms with Crippen LogP contribution in [0.3, 0.4) is 0 Å². The SMILES string of the molecule is OCc1cnc2c(Nc3cccc(Br)c3Cl)nc(C(F)F)nc2c1. The maximum Gasteiger partial charge on any atom is 0.297 e. The molecule has 0 radical (unpaired) electrons. The summed E-state index contributed by atoms with van der Waals surface area (Å²) in [4.78, 5) is 11.8. The van der Waals surface area contributed by atoms with Crippen LogP contribution in [0.15, 0.2) is 34.9 Å². The molecule has 2 N–H and O–H groups in total. The van der Waals surface area contributed by atoms with Crippen LogP contribution in [-0.4, -0.2) is 20.1 Å². The molecule has 3 rings (SSSR count). The monoisotopic (exact) mass is 414 g/mol. The van der Waals surface area contributed by atoms with E-state index in [9.17, 15) is 13.9 Å². The molecule has 2 aromatic heterocycles. The second-order valence-electron chi connectivity index (χ2n) is 4.83. The number of aliphatic hydroxyl groups is 1. The van der Waals surface area contributed by atoms with Gasteiger partial charge in [0, 0.05) is 10.7 Å². The molecule has 3 aromatic rings. The van der Waals surface area contributed by atoms with E-state index >= 15 is 0 Å². The average molecular weight is 416 g/mol. The number of aliphatic hydroxyl groups excluding tert-OH is 1. The minimum absolute atomic E-state index is 0.111. The van der Waals surface area contributed by atoms with Gasteiger partial charge in [0.1, 0.15) is 5.52 Å². The Balaban J connectivity index is 2.16. The fourth-order valence-corrected chi connectivity index (χ4v) is 2.62. The minimum Gasteiger partial charge on any atom is -0.392 e. The summed E-state index contributed by atoms with van der Waals surface area (Å²) in [6.07, 6.45) is -1.41. The van der Waals surface area contributed by atoms with Crippen molar-refractivity contribution in [2.24, 2.45) is 0 Å². The number of alkyl halides is 2. The van der Waals surface area contributed by atoms with E-state index in [2.05, 4.69) is 36.2 Å². The molecule has 24 heavy (non-hydrogen) atoms. The molecule has 5 nitrogen and oxygen atoms in total. The quantitative estimate of drug-likeness (QED) is 0.651. The lowest BCUT2D eigenvalue weighted by Crippen LogP contribution is -2.04. The van der Waals surface area contributed by atoms with Gasteiger partial charge in [-0.1, -0.05) is 17.7 Å². The fourth-order valence-electron chi connectivity index (χ4n) is 2.08. The number of fused-ring (bicyclic) bond motifs is 1. The number of benzene rings is 1. The normalized spacial score (nSPS) is 11.2. The number of aromatic nitrogens is 3. The summed E-state index contributed by atoms with van der Waals surface area (Å²) in [6, 6.07) is 6.67. The molecule has 0 aliphatic heterocycles. The summed E-state index contributed by atoms with van der Waals surface area (Å²) >= 11 is 9.49. The van der Waals surface area contributed by atoms with Crippen molar-refractivity contribution >= 4 is 50.1 Å². The van der Waals surface area contributed by atoms with Crippen LogP contribution >= 0.6 is 27.5 Å². The van der Waals surface area contributed by atoms with Crippen LogP contribution in [0, 0.1) is 0 Å². The third-order valence-electron chi connectivity index (χ3n) is 3.19. The van der Waals surface area contributed by atoms with Crippen LogP contribution < -0.4 is 5.32 Å². The largest absolute Gasteiger partial charge is 0.392 e. The van der Waals surface area contributed by atoms with E-state index in [4.69, 9.17) is 11.6 Å². The van der Waals surface area contributed by atoms with Gasteiger partial charge in [-0.2, -0.15) is 0 Å². The van der Waals surface area contributed by atoms with Gasteiger partial charge in [-0.25, -0.2) is 18.7 Å². The Labute approximate surface area is 148 Å². The molecule has 0 amide bonds. The van der Waals surface area contributed by atoms with Crippen LogP contribution in [-0.2, 0) is 6.61 Å². The van der Waals surface area contributed by atoms with Crippen LogP contribution in [0.25, 0.3) is 11.0 Å². The van der Waals surface area contributed by atoms with Crippen molar-refractivity contribution in [2.75, 3.05) is 5.32 Å². The molecule has 0 saturated heterocycles. The number of rotatable bonds is 4. The maximum absolute atomic E-state index is 13.1. The Bertz CT molecular complexity index is 910. The predicted molar refractivity (Wildman–Crippen MR) is 90.6 cm³/mol. The molecule has 124 valence electrons. The molecule has 0 saturated carbocycles. The average Bonchev–Trinajstić information content (AvgIpc) is 2.58. The van der Waals surface area contributed by atoms with Crippen LogP contribution in [0.2, 0.25) is 5.02 Å². The molecule has 0 atom stereocenters. The van der Waals surface area contributed by atoms with Gasteiger partial charge in [-0.05, 0) is 39.7 Å². The number of anilines is 2. The zero-order valence-corrected chi connectivity index (χ0v) is 14.3. The number of pyridine rings is 1. The van der Waals surface area contributed by atoms with Gasteiger partial charge in [0.15, 0.2) is 11.6 Å². The molecule has 0 aliphatic rings. The van der Waals surface area contributed by atoms with Gasteiger partial charge in [0.25, 0.3) is 6.43 Å². The lowest BCUT2D eigenvalue weighted by atomic mass is 10.2. The van der Waals surface area contributed by atoms with E-state index in [0.29, 0.717) is 26.3 Å². The lowest BCUT2D eigenvalue weighted by molar-refractivity contribution is 0.141. The van der Waals surface area contributed by atoms with Gasteiger partial charge >= 0.3 is 0 Å². The highest BCUT2D eigenvalue weighted by Crippen LogP contribution is 2.33. The first kappa shape index (κ1) is 16.9. The fraction of sp³-hybridized carbons (Fsp3) is 0.133. The molecule has 0 spiro atoms. The second-order valence-corrected chi connectivity index (χ2v) is 6.06. The molecule has 0 bridgehead atoms. The third kappa shape index (κ3) is 3.31. The molecule has 2 heterocycles. The molecule has 0 fully saturated rings. The number of halogens is 4. The Kier molecular flexibility index (Phi) is 4.88. The smallest absolute Gasteiger partial charge is 0.297 e. The Morgan fingerprint density at radius 3 is 2.79 bits per heavy atom.